The monoisotopic (exact) mass is 245 g/mol. The second kappa shape index (κ2) is 4.69. The summed E-state index contributed by atoms with van der Waals surface area (Å²) in [6.45, 7) is 2.09. The third-order valence-electron chi connectivity index (χ3n) is 3.53. The van der Waals surface area contributed by atoms with Crippen molar-refractivity contribution in [2.75, 3.05) is 0 Å². The van der Waals surface area contributed by atoms with Gasteiger partial charge >= 0.3 is 0 Å². The maximum Gasteiger partial charge on any atom is 0.0687 e. The SMILES string of the molecule is Cc1c(C(=N)c2ccccc2)ccc2ccccc12. The van der Waals surface area contributed by atoms with E-state index in [4.69, 9.17) is 5.41 Å². The first-order valence-electron chi connectivity index (χ1n) is 6.40. The molecule has 0 atom stereocenters. The quantitative estimate of drug-likeness (QED) is 0.640. The Bertz CT molecular complexity index is 742. The average molecular weight is 245 g/mol. The third-order valence-corrected chi connectivity index (χ3v) is 3.53. The molecule has 3 rings (SSSR count). The van der Waals surface area contributed by atoms with E-state index in [-0.39, 0.29) is 0 Å². The van der Waals surface area contributed by atoms with Crippen LogP contribution in [0.3, 0.4) is 0 Å². The van der Waals surface area contributed by atoms with Crippen LogP contribution in [-0.2, 0) is 0 Å². The summed E-state index contributed by atoms with van der Waals surface area (Å²) in [7, 11) is 0. The molecule has 0 aliphatic carbocycles. The largest absolute Gasteiger partial charge is 0.300 e. The first kappa shape index (κ1) is 11.7. The maximum atomic E-state index is 8.39. The summed E-state index contributed by atoms with van der Waals surface area (Å²) in [4.78, 5) is 0. The predicted molar refractivity (Wildman–Crippen MR) is 81.1 cm³/mol. The Morgan fingerprint density at radius 1 is 0.789 bits per heavy atom. The highest BCUT2D eigenvalue weighted by molar-refractivity contribution is 6.13. The third kappa shape index (κ3) is 2.04. The summed E-state index contributed by atoms with van der Waals surface area (Å²) in [5.41, 5.74) is 3.72. The van der Waals surface area contributed by atoms with Crippen LogP contribution >= 0.6 is 0 Å². The van der Waals surface area contributed by atoms with Crippen LogP contribution in [0.5, 0.6) is 0 Å². The molecule has 1 nitrogen and oxygen atoms in total. The zero-order chi connectivity index (χ0) is 13.2. The van der Waals surface area contributed by atoms with E-state index in [0.29, 0.717) is 5.71 Å². The molecule has 19 heavy (non-hydrogen) atoms. The minimum absolute atomic E-state index is 0.587. The van der Waals surface area contributed by atoms with E-state index in [2.05, 4.69) is 25.1 Å². The molecule has 3 aromatic carbocycles. The molecule has 0 radical (unpaired) electrons. The Morgan fingerprint density at radius 2 is 1.47 bits per heavy atom. The molecule has 0 saturated heterocycles. The Balaban J connectivity index is 2.16. The Labute approximate surface area is 113 Å². The Hall–Kier alpha value is -2.41. The fourth-order valence-electron chi connectivity index (χ4n) is 2.46. The number of nitrogens with one attached hydrogen (secondary N) is 1. The van der Waals surface area contributed by atoms with Crippen molar-refractivity contribution in [1.29, 1.82) is 5.41 Å². The molecular formula is C18H15N. The molecule has 0 bridgehead atoms. The van der Waals surface area contributed by atoms with Gasteiger partial charge in [-0.2, -0.15) is 0 Å². The minimum atomic E-state index is 0.587. The van der Waals surface area contributed by atoms with Crippen LogP contribution in [0.15, 0.2) is 66.7 Å². The molecule has 1 N–H and O–H groups in total. The average Bonchev–Trinajstić information content (AvgIpc) is 2.48. The Morgan fingerprint density at radius 3 is 2.26 bits per heavy atom. The molecule has 1 heteroatoms. The molecule has 0 aliphatic heterocycles. The molecule has 0 fully saturated rings. The van der Waals surface area contributed by atoms with Crippen molar-refractivity contribution in [2.45, 2.75) is 6.92 Å². The van der Waals surface area contributed by atoms with Gasteiger partial charge in [0, 0.05) is 11.1 Å². The summed E-state index contributed by atoms with van der Waals surface area (Å²) in [5, 5.41) is 10.8. The molecular weight excluding hydrogens is 230 g/mol. The first-order chi connectivity index (χ1) is 9.27. The summed E-state index contributed by atoms with van der Waals surface area (Å²) in [6, 6.07) is 22.3. The molecule has 0 amide bonds. The molecule has 0 aliphatic rings. The normalized spacial score (nSPS) is 10.6. The lowest BCUT2D eigenvalue weighted by atomic mass is 9.94. The van der Waals surface area contributed by atoms with Gasteiger partial charge in [0.1, 0.15) is 0 Å². The van der Waals surface area contributed by atoms with Gasteiger partial charge in [-0.05, 0) is 23.3 Å². The van der Waals surface area contributed by atoms with Crippen LogP contribution in [0.25, 0.3) is 10.8 Å². The van der Waals surface area contributed by atoms with Crippen LogP contribution in [0, 0.1) is 12.3 Å². The zero-order valence-corrected chi connectivity index (χ0v) is 10.9. The van der Waals surface area contributed by atoms with Gasteiger partial charge in [0.25, 0.3) is 0 Å². The lowest BCUT2D eigenvalue weighted by Crippen LogP contribution is -2.03. The minimum Gasteiger partial charge on any atom is -0.300 e. The van der Waals surface area contributed by atoms with E-state index in [1.54, 1.807) is 0 Å². The van der Waals surface area contributed by atoms with Crippen molar-refractivity contribution in [2.24, 2.45) is 0 Å². The molecule has 3 aromatic rings. The standard InChI is InChI=1S/C18H15N/c1-13-16-10-6-5-7-14(16)11-12-17(13)18(19)15-8-3-2-4-9-15/h2-12,19H,1H3. The van der Waals surface area contributed by atoms with Gasteiger partial charge in [-0.3, -0.25) is 5.41 Å². The van der Waals surface area contributed by atoms with Gasteiger partial charge in [0.2, 0.25) is 0 Å². The molecule has 0 heterocycles. The summed E-state index contributed by atoms with van der Waals surface area (Å²) >= 11 is 0. The number of hydrogen-bond acceptors (Lipinski definition) is 1. The Kier molecular flexibility index (Phi) is 2.88. The second-order valence-electron chi connectivity index (χ2n) is 4.70. The number of rotatable bonds is 2. The lowest BCUT2D eigenvalue weighted by molar-refractivity contribution is 1.42. The van der Waals surface area contributed by atoms with Crippen molar-refractivity contribution in [3.8, 4) is 0 Å². The van der Waals surface area contributed by atoms with Gasteiger partial charge in [0.05, 0.1) is 5.71 Å². The number of benzene rings is 3. The van der Waals surface area contributed by atoms with Crippen molar-refractivity contribution < 1.29 is 0 Å². The van der Waals surface area contributed by atoms with E-state index >= 15 is 0 Å². The van der Waals surface area contributed by atoms with Gasteiger partial charge in [0.15, 0.2) is 0 Å². The van der Waals surface area contributed by atoms with E-state index in [0.717, 1.165) is 11.1 Å². The van der Waals surface area contributed by atoms with Gasteiger partial charge in [-0.15, -0.1) is 0 Å². The summed E-state index contributed by atoms with van der Waals surface area (Å²) in [6.07, 6.45) is 0. The second-order valence-corrected chi connectivity index (χ2v) is 4.70. The molecule has 0 unspecified atom stereocenters. The first-order valence-corrected chi connectivity index (χ1v) is 6.40. The molecule has 0 aromatic heterocycles. The van der Waals surface area contributed by atoms with Crippen molar-refractivity contribution in [3.63, 3.8) is 0 Å². The lowest BCUT2D eigenvalue weighted by Gasteiger charge is -2.11. The van der Waals surface area contributed by atoms with Gasteiger partial charge in [-0.1, -0.05) is 66.7 Å². The number of fused-ring (bicyclic) bond motifs is 1. The van der Waals surface area contributed by atoms with Gasteiger partial charge < -0.3 is 0 Å². The molecule has 0 spiro atoms. The van der Waals surface area contributed by atoms with E-state index < -0.39 is 0 Å². The summed E-state index contributed by atoms with van der Waals surface area (Å²) in [5.74, 6) is 0. The number of aryl methyl sites for hydroxylation is 1. The van der Waals surface area contributed by atoms with Crippen LogP contribution in [0.2, 0.25) is 0 Å². The molecule has 0 saturated carbocycles. The maximum absolute atomic E-state index is 8.39. The highest BCUT2D eigenvalue weighted by Crippen LogP contribution is 2.23. The fraction of sp³-hybridized carbons (Fsp3) is 0.0556. The van der Waals surface area contributed by atoms with Gasteiger partial charge in [-0.25, -0.2) is 0 Å². The van der Waals surface area contributed by atoms with Crippen LogP contribution < -0.4 is 0 Å². The number of hydrogen-bond donors (Lipinski definition) is 1. The summed E-state index contributed by atoms with van der Waals surface area (Å²) < 4.78 is 0. The van der Waals surface area contributed by atoms with Crippen molar-refractivity contribution in [3.05, 3.63) is 83.4 Å². The molecule has 92 valence electrons. The fourth-order valence-corrected chi connectivity index (χ4v) is 2.46. The van der Waals surface area contributed by atoms with E-state index in [1.807, 2.05) is 48.5 Å². The smallest absolute Gasteiger partial charge is 0.0687 e. The predicted octanol–water partition coefficient (Wildman–Crippen LogP) is 4.56. The van der Waals surface area contributed by atoms with Crippen LogP contribution in [-0.4, -0.2) is 5.71 Å². The van der Waals surface area contributed by atoms with E-state index in [1.165, 1.54) is 16.3 Å². The van der Waals surface area contributed by atoms with Crippen LogP contribution in [0.1, 0.15) is 16.7 Å². The van der Waals surface area contributed by atoms with Crippen molar-refractivity contribution >= 4 is 16.5 Å². The topological polar surface area (TPSA) is 23.9 Å². The van der Waals surface area contributed by atoms with Crippen molar-refractivity contribution in [1.82, 2.24) is 0 Å². The van der Waals surface area contributed by atoms with Crippen LogP contribution in [0.4, 0.5) is 0 Å². The van der Waals surface area contributed by atoms with E-state index in [9.17, 15) is 0 Å². The highest BCUT2D eigenvalue weighted by atomic mass is 14.4. The highest BCUT2D eigenvalue weighted by Gasteiger charge is 2.09. The zero-order valence-electron chi connectivity index (χ0n) is 10.9.